The lowest BCUT2D eigenvalue weighted by Crippen LogP contribution is -2.57. The molecule has 5 nitrogen and oxygen atoms in total. The molecule has 14 heavy (non-hydrogen) atoms. The monoisotopic (exact) mass is 219 g/mol. The van der Waals surface area contributed by atoms with Crippen LogP contribution in [0.25, 0.3) is 0 Å². The van der Waals surface area contributed by atoms with E-state index in [1.807, 2.05) is 0 Å². The summed E-state index contributed by atoms with van der Waals surface area (Å²) in [6.07, 6.45) is 1.65. The molecule has 2 rings (SSSR count). The molecule has 0 bridgehead atoms. The number of piperazine rings is 1. The van der Waals surface area contributed by atoms with Gasteiger partial charge in [-0.15, -0.1) is 0 Å². The van der Waals surface area contributed by atoms with E-state index >= 15 is 0 Å². The molecule has 1 heterocycles. The zero-order valence-electron chi connectivity index (χ0n) is 8.15. The van der Waals surface area contributed by atoms with Crippen LogP contribution in [0.1, 0.15) is 12.8 Å². The lowest BCUT2D eigenvalue weighted by molar-refractivity contribution is 0.272. The Hall–Kier alpha value is -0.170. The fraction of sp³-hybridized carbons (Fsp3) is 1.00. The second-order valence-electron chi connectivity index (χ2n) is 3.95. The van der Waals surface area contributed by atoms with E-state index < -0.39 is 10.0 Å². The Labute approximate surface area is 84.7 Å². The average molecular weight is 219 g/mol. The van der Waals surface area contributed by atoms with Crippen LogP contribution in [-0.4, -0.2) is 50.2 Å². The first-order valence-corrected chi connectivity index (χ1v) is 6.58. The van der Waals surface area contributed by atoms with Crippen LogP contribution in [0.5, 0.6) is 0 Å². The van der Waals surface area contributed by atoms with E-state index in [-0.39, 0.29) is 11.3 Å². The molecular weight excluding hydrogens is 202 g/mol. The molecule has 3 N–H and O–H groups in total. The van der Waals surface area contributed by atoms with Crippen LogP contribution in [-0.2, 0) is 10.0 Å². The van der Waals surface area contributed by atoms with Gasteiger partial charge in [-0.3, -0.25) is 0 Å². The van der Waals surface area contributed by atoms with Gasteiger partial charge in [-0.05, 0) is 12.8 Å². The average Bonchev–Trinajstić information content (AvgIpc) is 3.01. The standard InChI is InChI=1S/C8H17N3O2S/c9-5-7-6-10-3-4-11(7)14(12,13)8-1-2-8/h7-8,10H,1-6,9H2. The molecule has 0 radical (unpaired) electrons. The van der Waals surface area contributed by atoms with E-state index in [2.05, 4.69) is 5.32 Å². The summed E-state index contributed by atoms with van der Waals surface area (Å²) in [5, 5.41) is 3.04. The minimum absolute atomic E-state index is 0.0469. The lowest BCUT2D eigenvalue weighted by Gasteiger charge is -2.34. The normalized spacial score (nSPS) is 30.5. The van der Waals surface area contributed by atoms with Crippen molar-refractivity contribution in [1.82, 2.24) is 9.62 Å². The zero-order chi connectivity index (χ0) is 10.2. The third-order valence-electron chi connectivity index (χ3n) is 2.84. The van der Waals surface area contributed by atoms with Crippen LogP contribution in [0.3, 0.4) is 0 Å². The van der Waals surface area contributed by atoms with Gasteiger partial charge >= 0.3 is 0 Å². The topological polar surface area (TPSA) is 75.4 Å². The molecule has 2 fully saturated rings. The van der Waals surface area contributed by atoms with Crippen molar-refractivity contribution in [3.05, 3.63) is 0 Å². The molecule has 1 atom stereocenters. The van der Waals surface area contributed by atoms with Crippen molar-refractivity contribution in [3.8, 4) is 0 Å². The van der Waals surface area contributed by atoms with Crippen molar-refractivity contribution in [3.63, 3.8) is 0 Å². The number of hydrogen-bond acceptors (Lipinski definition) is 4. The molecule has 1 aliphatic carbocycles. The molecule has 1 aliphatic heterocycles. The number of sulfonamides is 1. The second kappa shape index (κ2) is 3.77. The quantitative estimate of drug-likeness (QED) is 0.619. The van der Waals surface area contributed by atoms with Crippen molar-refractivity contribution < 1.29 is 8.42 Å². The van der Waals surface area contributed by atoms with Gasteiger partial charge in [-0.25, -0.2) is 8.42 Å². The highest BCUT2D eigenvalue weighted by Gasteiger charge is 2.42. The van der Waals surface area contributed by atoms with Gasteiger partial charge in [0, 0.05) is 32.2 Å². The molecule has 2 aliphatic rings. The summed E-state index contributed by atoms with van der Waals surface area (Å²) < 4.78 is 25.5. The third-order valence-corrected chi connectivity index (χ3v) is 5.29. The van der Waals surface area contributed by atoms with Crippen molar-refractivity contribution in [2.45, 2.75) is 24.1 Å². The Kier molecular flexibility index (Phi) is 2.79. The third kappa shape index (κ3) is 1.79. The molecule has 0 aromatic carbocycles. The van der Waals surface area contributed by atoms with Gasteiger partial charge in [-0.1, -0.05) is 0 Å². The van der Waals surface area contributed by atoms with Crippen LogP contribution >= 0.6 is 0 Å². The van der Waals surface area contributed by atoms with Gasteiger partial charge in [0.15, 0.2) is 0 Å². The van der Waals surface area contributed by atoms with E-state index in [0.29, 0.717) is 19.6 Å². The predicted octanol–water partition coefficient (Wildman–Crippen LogP) is -1.29. The van der Waals surface area contributed by atoms with Crippen molar-refractivity contribution in [2.24, 2.45) is 5.73 Å². The summed E-state index contributed by atoms with van der Waals surface area (Å²) in [5.41, 5.74) is 5.56. The smallest absolute Gasteiger partial charge is 0.217 e. The van der Waals surface area contributed by atoms with Gasteiger partial charge in [0.2, 0.25) is 10.0 Å². The largest absolute Gasteiger partial charge is 0.329 e. The lowest BCUT2D eigenvalue weighted by atomic mass is 10.2. The Balaban J connectivity index is 2.13. The van der Waals surface area contributed by atoms with Crippen molar-refractivity contribution in [2.75, 3.05) is 26.2 Å². The highest BCUT2D eigenvalue weighted by Crippen LogP contribution is 2.32. The number of nitrogens with zero attached hydrogens (tertiary/aromatic N) is 1. The van der Waals surface area contributed by atoms with E-state index in [1.54, 1.807) is 4.31 Å². The molecule has 0 aromatic heterocycles. The Morgan fingerprint density at radius 3 is 2.71 bits per heavy atom. The first-order chi connectivity index (χ1) is 6.66. The highest BCUT2D eigenvalue weighted by atomic mass is 32.2. The first kappa shape index (κ1) is 10.4. The minimum Gasteiger partial charge on any atom is -0.329 e. The molecule has 1 saturated heterocycles. The summed E-state index contributed by atoms with van der Waals surface area (Å²) in [5.74, 6) is 0. The van der Waals surface area contributed by atoms with Gasteiger partial charge in [0.1, 0.15) is 0 Å². The number of nitrogens with two attached hydrogens (primary N) is 1. The van der Waals surface area contributed by atoms with E-state index in [4.69, 9.17) is 5.73 Å². The Bertz CT molecular complexity index is 300. The SMILES string of the molecule is NCC1CNCCN1S(=O)(=O)C1CC1. The summed E-state index contributed by atoms with van der Waals surface area (Å²) in [4.78, 5) is 0. The number of rotatable bonds is 3. The van der Waals surface area contributed by atoms with Crippen LogP contribution in [0.15, 0.2) is 0 Å². The van der Waals surface area contributed by atoms with Crippen LogP contribution < -0.4 is 11.1 Å². The number of hydrogen-bond donors (Lipinski definition) is 2. The first-order valence-electron chi connectivity index (χ1n) is 5.07. The van der Waals surface area contributed by atoms with Gasteiger partial charge in [0.05, 0.1) is 5.25 Å². The van der Waals surface area contributed by atoms with Gasteiger partial charge in [-0.2, -0.15) is 4.31 Å². The van der Waals surface area contributed by atoms with E-state index in [9.17, 15) is 8.42 Å². The van der Waals surface area contributed by atoms with Crippen LogP contribution in [0.2, 0.25) is 0 Å². The second-order valence-corrected chi connectivity index (χ2v) is 6.11. The molecule has 0 amide bonds. The van der Waals surface area contributed by atoms with E-state index in [1.165, 1.54) is 0 Å². The van der Waals surface area contributed by atoms with Crippen molar-refractivity contribution >= 4 is 10.0 Å². The molecular formula is C8H17N3O2S. The molecule has 6 heteroatoms. The van der Waals surface area contributed by atoms with Crippen LogP contribution in [0, 0.1) is 0 Å². The highest BCUT2D eigenvalue weighted by molar-refractivity contribution is 7.90. The maximum atomic E-state index is 12.0. The summed E-state index contributed by atoms with van der Waals surface area (Å²) >= 11 is 0. The maximum Gasteiger partial charge on any atom is 0.217 e. The van der Waals surface area contributed by atoms with Gasteiger partial charge < -0.3 is 11.1 Å². The van der Waals surface area contributed by atoms with E-state index in [0.717, 1.165) is 19.4 Å². The number of nitrogens with one attached hydrogen (secondary N) is 1. The molecule has 0 spiro atoms. The summed E-state index contributed by atoms with van der Waals surface area (Å²) in [7, 11) is -3.04. The summed E-state index contributed by atoms with van der Waals surface area (Å²) in [6, 6.07) is -0.0469. The summed E-state index contributed by atoms with van der Waals surface area (Å²) in [6.45, 7) is 2.39. The zero-order valence-corrected chi connectivity index (χ0v) is 8.96. The minimum atomic E-state index is -3.04. The van der Waals surface area contributed by atoms with Gasteiger partial charge in [0.25, 0.3) is 0 Å². The molecule has 1 unspecified atom stereocenters. The Morgan fingerprint density at radius 2 is 2.14 bits per heavy atom. The fourth-order valence-electron chi connectivity index (χ4n) is 1.84. The molecule has 0 aromatic rings. The molecule has 82 valence electrons. The van der Waals surface area contributed by atoms with Crippen LogP contribution in [0.4, 0.5) is 0 Å². The van der Waals surface area contributed by atoms with Crippen molar-refractivity contribution in [1.29, 1.82) is 0 Å². The maximum absolute atomic E-state index is 12.0. The molecule has 1 saturated carbocycles. The fourth-order valence-corrected chi connectivity index (χ4v) is 3.87. The predicted molar refractivity (Wildman–Crippen MR) is 54.4 cm³/mol. The Morgan fingerprint density at radius 1 is 1.43 bits per heavy atom.